The first-order valence-electron chi connectivity index (χ1n) is 7.92. The van der Waals surface area contributed by atoms with Gasteiger partial charge in [0.2, 0.25) is 0 Å². The summed E-state index contributed by atoms with van der Waals surface area (Å²) >= 11 is -0.556. The average Bonchev–Trinajstić information content (AvgIpc) is 2.53. The fraction of sp³-hybridized carbons (Fsp3) is 0.533. The van der Waals surface area contributed by atoms with Crippen LogP contribution < -0.4 is 0 Å². The first-order valence-corrected chi connectivity index (χ1v) is 14.2. The molecule has 32 heavy (non-hydrogen) atoms. The van der Waals surface area contributed by atoms with E-state index in [1.54, 1.807) is 20.8 Å². The van der Waals surface area contributed by atoms with E-state index in [1.165, 1.54) is 12.1 Å². The molecule has 0 aliphatic heterocycles. The third-order valence-electron chi connectivity index (χ3n) is 3.70. The molecule has 1 rings (SSSR count). The first kappa shape index (κ1) is 31.6. The fourth-order valence-electron chi connectivity index (χ4n) is 2.08. The van der Waals surface area contributed by atoms with Crippen molar-refractivity contribution in [3.63, 3.8) is 0 Å². The number of aliphatic imine (C=N–C) groups is 1. The second-order valence-corrected chi connectivity index (χ2v) is 12.3. The molecule has 1 aromatic rings. The molecule has 0 aliphatic rings. The molecule has 1 N–H and O–H groups in total. The summed E-state index contributed by atoms with van der Waals surface area (Å²) < 4.78 is 140. The van der Waals surface area contributed by atoms with Crippen molar-refractivity contribution in [2.24, 2.45) is 4.99 Å². The number of aromatic hydroxyl groups is 1. The molecule has 2 nitrogen and oxygen atoms in total. The number of benzene rings is 1. The Morgan fingerprint density at radius 3 is 1.78 bits per heavy atom. The summed E-state index contributed by atoms with van der Waals surface area (Å²) in [5.74, 6) is -14.3. The zero-order valence-electron chi connectivity index (χ0n) is 16.2. The minimum absolute atomic E-state index is 0.256. The van der Waals surface area contributed by atoms with Crippen molar-refractivity contribution in [3.8, 4) is 5.75 Å². The number of phenolic OH excluding ortho intramolecular Hbond substituents is 1. The number of phenols is 1. The van der Waals surface area contributed by atoms with Gasteiger partial charge in [-0.3, -0.25) is 4.99 Å². The van der Waals surface area contributed by atoms with Crippen LogP contribution in [-0.2, 0) is 22.4 Å². The molecule has 0 unspecified atom stereocenters. The van der Waals surface area contributed by atoms with Crippen LogP contribution in [0.15, 0.2) is 23.2 Å². The molecule has 0 amide bonds. The number of alkyl halides is 6. The molecular weight excluding hydrogens is 570 g/mol. The Balaban J connectivity index is 0.00000302. The van der Waals surface area contributed by atoms with Crippen molar-refractivity contribution in [3.05, 3.63) is 29.3 Å². The number of hydrogen-bond donors (Lipinski definition) is 1. The van der Waals surface area contributed by atoms with Gasteiger partial charge in [0.05, 0.1) is 0 Å². The Kier molecular flexibility index (Phi) is 8.85. The normalized spacial score (nSPS) is 16.1. The van der Waals surface area contributed by atoms with Gasteiger partial charge in [0.15, 0.2) is 0 Å². The van der Waals surface area contributed by atoms with Crippen LogP contribution in [0.3, 0.4) is 0 Å². The summed E-state index contributed by atoms with van der Waals surface area (Å²) in [4.78, 5) is 2.66. The molecule has 0 fully saturated rings. The Morgan fingerprint density at radius 2 is 1.41 bits per heavy atom. The number of para-hydroxylation sites is 1. The molecular formula is C15H16Cl2F11NOSTi. The van der Waals surface area contributed by atoms with Crippen LogP contribution in [0.5, 0.6) is 5.75 Å². The quantitative estimate of drug-likeness (QED) is 0.202. The number of halogens is 13. The second kappa shape index (κ2) is 8.97. The minimum atomic E-state index is -12.4. The summed E-state index contributed by atoms with van der Waals surface area (Å²) in [5, 5.41) is 1.74. The third kappa shape index (κ3) is 6.80. The van der Waals surface area contributed by atoms with E-state index in [0.717, 1.165) is 6.07 Å². The Morgan fingerprint density at radius 1 is 0.969 bits per heavy atom. The molecule has 0 aromatic heterocycles. The van der Waals surface area contributed by atoms with Crippen LogP contribution in [0.25, 0.3) is 0 Å². The van der Waals surface area contributed by atoms with E-state index in [0.29, 0.717) is 6.21 Å². The summed E-state index contributed by atoms with van der Waals surface area (Å²) in [7, 11) is -2.58. The molecule has 17 heteroatoms. The van der Waals surface area contributed by atoms with E-state index < -0.39 is 62.1 Å². The van der Waals surface area contributed by atoms with Crippen molar-refractivity contribution in [2.45, 2.75) is 43.3 Å². The van der Waals surface area contributed by atoms with E-state index in [1.807, 2.05) is 0 Å². The molecule has 0 spiro atoms. The SMILES string of the molecule is CC(C)(C)c1cccc(C=NCC(F)(F)C(F)(F)C(F)(F)S(F)(F)(F)(F)F)c1O.[Cl][Ti][Cl]. The van der Waals surface area contributed by atoms with Gasteiger partial charge in [-0.15, -0.1) is 0 Å². The maximum atomic E-state index is 13.4. The van der Waals surface area contributed by atoms with E-state index in [9.17, 15) is 50.9 Å². The van der Waals surface area contributed by atoms with E-state index in [-0.39, 0.29) is 11.1 Å². The molecule has 0 aliphatic carbocycles. The van der Waals surface area contributed by atoms with Gasteiger partial charge in [-0.1, -0.05) is 52.3 Å². The number of hydrogen-bond acceptors (Lipinski definition) is 2. The molecule has 0 bridgehead atoms. The van der Waals surface area contributed by atoms with Gasteiger partial charge < -0.3 is 5.11 Å². The summed E-state index contributed by atoms with van der Waals surface area (Å²) in [6.07, 6.45) is 0.326. The van der Waals surface area contributed by atoms with E-state index in [2.05, 4.69) is 4.99 Å². The standard InChI is InChI=1S/C15H16F11NOS.2ClH.Ti/c1-12(2,3)10-6-4-5-9(11(10)28)7-27-8-13(16,17)14(18,19)15(20,21)29(22,23,24,25)26;;;/h4-7,28H,8H2,1-3H3;2*1H;/q;;;+2/p-2. The van der Waals surface area contributed by atoms with Crippen molar-refractivity contribution in [2.75, 3.05) is 6.54 Å². The van der Waals surface area contributed by atoms with Crippen LogP contribution in [0.1, 0.15) is 31.9 Å². The zero-order chi connectivity index (χ0) is 26.1. The molecule has 0 saturated carbocycles. The number of rotatable bonds is 6. The van der Waals surface area contributed by atoms with E-state index in [4.69, 9.17) is 18.6 Å². The molecule has 188 valence electrons. The number of nitrogens with zero attached hydrogens (tertiary/aromatic N) is 1. The average molecular weight is 586 g/mol. The molecule has 1 aromatic carbocycles. The van der Waals surface area contributed by atoms with Gasteiger partial charge >= 0.3 is 63.0 Å². The van der Waals surface area contributed by atoms with Gasteiger partial charge in [-0.2, -0.15) is 26.3 Å². The van der Waals surface area contributed by atoms with Crippen molar-refractivity contribution < 1.29 is 67.9 Å². The first-order chi connectivity index (χ1) is 13.8. The van der Waals surface area contributed by atoms with Crippen LogP contribution in [-0.4, -0.2) is 35.0 Å². The van der Waals surface area contributed by atoms with Crippen LogP contribution in [0.4, 0.5) is 45.8 Å². The summed E-state index contributed by atoms with van der Waals surface area (Å²) in [6.45, 7) is 2.24. The monoisotopic (exact) mass is 585 g/mol. The Hall–Kier alpha value is -0.436. The predicted octanol–water partition coefficient (Wildman–Crippen LogP) is 8.65. The zero-order valence-corrected chi connectivity index (χ0v) is 20.1. The van der Waals surface area contributed by atoms with Crippen molar-refractivity contribution in [1.29, 1.82) is 0 Å². The van der Waals surface area contributed by atoms with Gasteiger partial charge in [-0.25, -0.2) is 0 Å². The van der Waals surface area contributed by atoms with Crippen molar-refractivity contribution >= 4 is 35.0 Å². The van der Waals surface area contributed by atoms with E-state index >= 15 is 0 Å². The van der Waals surface area contributed by atoms with Crippen molar-refractivity contribution in [1.82, 2.24) is 0 Å². The summed E-state index contributed by atoms with van der Waals surface area (Å²) in [6, 6.07) is 3.79. The topological polar surface area (TPSA) is 32.6 Å². The Bertz CT molecular complexity index is 843. The predicted molar refractivity (Wildman–Crippen MR) is 98.9 cm³/mol. The van der Waals surface area contributed by atoms with Gasteiger partial charge in [0.25, 0.3) is 0 Å². The van der Waals surface area contributed by atoms with Gasteiger partial charge in [-0.05, 0) is 17.0 Å². The third-order valence-corrected chi connectivity index (χ3v) is 4.93. The molecule has 0 heterocycles. The van der Waals surface area contributed by atoms with Gasteiger partial charge in [0, 0.05) is 11.8 Å². The molecule has 0 saturated heterocycles. The van der Waals surface area contributed by atoms with Crippen LogP contribution >= 0.6 is 28.8 Å². The Labute approximate surface area is 192 Å². The van der Waals surface area contributed by atoms with Crippen LogP contribution in [0, 0.1) is 0 Å². The molecule has 0 radical (unpaired) electrons. The summed E-state index contributed by atoms with van der Waals surface area (Å²) in [5.41, 5.74) is -0.754. The van der Waals surface area contributed by atoms with Gasteiger partial charge in [0.1, 0.15) is 12.3 Å². The van der Waals surface area contributed by atoms with Crippen LogP contribution in [0.2, 0.25) is 0 Å². The molecule has 0 atom stereocenters. The maximum absolute atomic E-state index is 13.4. The fourth-order valence-corrected chi connectivity index (χ4v) is 2.72. The second-order valence-electron chi connectivity index (χ2n) is 7.30.